The third kappa shape index (κ3) is 6.31. The summed E-state index contributed by atoms with van der Waals surface area (Å²) in [5.74, 6) is 0.416. The number of amides is 1. The molecule has 0 radical (unpaired) electrons. The van der Waals surface area contributed by atoms with Crippen LogP contribution in [0.2, 0.25) is 5.02 Å². The van der Waals surface area contributed by atoms with Crippen LogP contribution in [0.4, 0.5) is 5.69 Å². The zero-order valence-corrected chi connectivity index (χ0v) is 18.5. The molecule has 0 spiro atoms. The molecule has 1 atom stereocenters. The number of nitrogens with one attached hydrogen (secondary N) is 1. The van der Waals surface area contributed by atoms with Crippen molar-refractivity contribution in [1.29, 1.82) is 0 Å². The smallest absolute Gasteiger partial charge is 0.262 e. The summed E-state index contributed by atoms with van der Waals surface area (Å²) in [7, 11) is -3.71. The Bertz CT molecular complexity index is 979. The van der Waals surface area contributed by atoms with Gasteiger partial charge in [0, 0.05) is 18.1 Å². The molecule has 1 aliphatic rings. The van der Waals surface area contributed by atoms with Gasteiger partial charge in [0.05, 0.1) is 31.7 Å². The number of hydrogen-bond donors (Lipinski definition) is 2. The molecule has 3 rings (SSSR count). The largest absolute Gasteiger partial charge is 0.457 e. The van der Waals surface area contributed by atoms with Gasteiger partial charge in [-0.15, -0.1) is 0 Å². The lowest BCUT2D eigenvalue weighted by atomic mass is 10.2. The molecular weight excluding hydrogens is 446 g/mol. The molecule has 11 heteroatoms. The highest BCUT2D eigenvalue weighted by Gasteiger charge is 2.32. The summed E-state index contributed by atoms with van der Waals surface area (Å²) in [4.78, 5) is 14.1. The summed E-state index contributed by atoms with van der Waals surface area (Å²) in [6, 6.07) is 12.4. The molecular formula is C20H24ClN3O6S. The molecule has 168 valence electrons. The fourth-order valence-corrected chi connectivity index (χ4v) is 4.28. The van der Waals surface area contributed by atoms with Crippen LogP contribution in [0.5, 0.6) is 11.5 Å². The SMILES string of the molecule is CS(=O)(=O)N(C[C@@H](C(=O)NO)N1CCOCC1)c1ccc(Oc2ccc(Cl)cc2)cc1. The molecule has 2 aromatic carbocycles. The summed E-state index contributed by atoms with van der Waals surface area (Å²) in [6.07, 6.45) is 1.07. The minimum absolute atomic E-state index is 0.164. The first kappa shape index (κ1) is 23.3. The minimum Gasteiger partial charge on any atom is -0.457 e. The van der Waals surface area contributed by atoms with Crippen LogP contribution >= 0.6 is 11.6 Å². The van der Waals surface area contributed by atoms with E-state index in [4.69, 9.17) is 26.3 Å². The van der Waals surface area contributed by atoms with E-state index in [-0.39, 0.29) is 6.54 Å². The first-order chi connectivity index (χ1) is 14.8. The number of rotatable bonds is 8. The molecule has 0 unspecified atom stereocenters. The lowest BCUT2D eigenvalue weighted by Gasteiger charge is -2.36. The van der Waals surface area contributed by atoms with Crippen LogP contribution in [0.1, 0.15) is 0 Å². The van der Waals surface area contributed by atoms with Gasteiger partial charge < -0.3 is 9.47 Å². The summed E-state index contributed by atoms with van der Waals surface area (Å²) in [5, 5.41) is 9.76. The van der Waals surface area contributed by atoms with E-state index >= 15 is 0 Å². The Morgan fingerprint density at radius 3 is 2.23 bits per heavy atom. The molecule has 0 bridgehead atoms. The number of sulfonamides is 1. The van der Waals surface area contributed by atoms with E-state index in [9.17, 15) is 13.2 Å². The van der Waals surface area contributed by atoms with Crippen LogP contribution in [-0.4, -0.2) is 69.6 Å². The number of halogens is 1. The van der Waals surface area contributed by atoms with Crippen LogP contribution in [0.15, 0.2) is 48.5 Å². The fourth-order valence-electron chi connectivity index (χ4n) is 3.24. The van der Waals surface area contributed by atoms with Crippen molar-refractivity contribution in [2.45, 2.75) is 6.04 Å². The van der Waals surface area contributed by atoms with E-state index in [2.05, 4.69) is 0 Å². The van der Waals surface area contributed by atoms with Crippen molar-refractivity contribution >= 4 is 33.2 Å². The van der Waals surface area contributed by atoms with E-state index in [0.717, 1.165) is 10.6 Å². The average molecular weight is 470 g/mol. The topological polar surface area (TPSA) is 108 Å². The van der Waals surface area contributed by atoms with Crippen molar-refractivity contribution in [1.82, 2.24) is 10.4 Å². The highest BCUT2D eigenvalue weighted by Crippen LogP contribution is 2.27. The van der Waals surface area contributed by atoms with Gasteiger partial charge in [0.2, 0.25) is 10.0 Å². The van der Waals surface area contributed by atoms with Gasteiger partial charge in [-0.1, -0.05) is 11.6 Å². The van der Waals surface area contributed by atoms with Gasteiger partial charge in [0.25, 0.3) is 5.91 Å². The third-order valence-electron chi connectivity index (χ3n) is 4.81. The van der Waals surface area contributed by atoms with Gasteiger partial charge in [-0.25, -0.2) is 13.9 Å². The predicted molar refractivity (Wildman–Crippen MR) is 116 cm³/mol. The lowest BCUT2D eigenvalue weighted by molar-refractivity contribution is -0.136. The van der Waals surface area contributed by atoms with Gasteiger partial charge >= 0.3 is 0 Å². The zero-order chi connectivity index (χ0) is 22.4. The molecule has 31 heavy (non-hydrogen) atoms. The number of benzene rings is 2. The number of carbonyl (C=O) groups excluding carboxylic acids is 1. The number of anilines is 1. The highest BCUT2D eigenvalue weighted by atomic mass is 35.5. The molecule has 9 nitrogen and oxygen atoms in total. The van der Waals surface area contributed by atoms with Crippen molar-refractivity contribution in [3.63, 3.8) is 0 Å². The van der Waals surface area contributed by atoms with E-state index in [1.807, 2.05) is 0 Å². The van der Waals surface area contributed by atoms with Crippen LogP contribution in [-0.2, 0) is 19.6 Å². The molecule has 1 saturated heterocycles. The van der Waals surface area contributed by atoms with E-state index in [1.54, 1.807) is 58.9 Å². The number of ether oxygens (including phenoxy) is 2. The monoisotopic (exact) mass is 469 g/mol. The summed E-state index contributed by atoms with van der Waals surface area (Å²) in [5.41, 5.74) is 2.01. The Balaban J connectivity index is 1.81. The van der Waals surface area contributed by atoms with Crippen molar-refractivity contribution in [2.24, 2.45) is 0 Å². The molecule has 0 saturated carbocycles. The first-order valence-electron chi connectivity index (χ1n) is 9.55. The van der Waals surface area contributed by atoms with E-state index in [1.165, 1.54) is 0 Å². The number of carbonyl (C=O) groups is 1. The molecule has 0 aromatic heterocycles. The number of morpholine rings is 1. The molecule has 2 N–H and O–H groups in total. The van der Waals surface area contributed by atoms with Crippen LogP contribution in [0.3, 0.4) is 0 Å². The Labute approximate surface area is 186 Å². The van der Waals surface area contributed by atoms with Crippen molar-refractivity contribution in [3.05, 3.63) is 53.6 Å². The van der Waals surface area contributed by atoms with Crippen molar-refractivity contribution < 1.29 is 27.9 Å². The Hall–Kier alpha value is -2.37. The second-order valence-corrected chi connectivity index (χ2v) is 9.33. The standard InChI is InChI=1S/C20H24ClN3O6S/c1-31(27,28)24(14-19(20(25)22-26)23-10-12-29-13-11-23)16-4-8-18(9-5-16)30-17-6-2-15(21)3-7-17/h2-9,19,26H,10-14H2,1H3,(H,22,25)/t19-/m0/s1. The zero-order valence-electron chi connectivity index (χ0n) is 16.9. The summed E-state index contributed by atoms with van der Waals surface area (Å²) < 4.78 is 37.2. The fraction of sp³-hybridized carbons (Fsp3) is 0.350. The first-order valence-corrected chi connectivity index (χ1v) is 11.8. The normalized spacial score (nSPS) is 15.8. The van der Waals surface area contributed by atoms with Gasteiger partial charge in [0.15, 0.2) is 0 Å². The van der Waals surface area contributed by atoms with Gasteiger partial charge in [-0.05, 0) is 48.5 Å². The van der Waals surface area contributed by atoms with Gasteiger partial charge in [-0.2, -0.15) is 0 Å². The molecule has 1 amide bonds. The summed E-state index contributed by atoms with van der Waals surface area (Å²) >= 11 is 5.87. The van der Waals surface area contributed by atoms with Crippen LogP contribution in [0.25, 0.3) is 0 Å². The Morgan fingerprint density at radius 1 is 1.16 bits per heavy atom. The maximum atomic E-state index is 12.5. The Morgan fingerprint density at radius 2 is 1.71 bits per heavy atom. The summed E-state index contributed by atoms with van der Waals surface area (Å²) in [6.45, 7) is 1.57. The minimum atomic E-state index is -3.71. The number of hydroxylamine groups is 1. The van der Waals surface area contributed by atoms with Crippen molar-refractivity contribution in [3.8, 4) is 11.5 Å². The second-order valence-electron chi connectivity index (χ2n) is 6.98. The molecule has 1 aliphatic heterocycles. The van der Waals surface area contributed by atoms with Crippen LogP contribution < -0.4 is 14.5 Å². The maximum Gasteiger partial charge on any atom is 0.262 e. The van der Waals surface area contributed by atoms with Crippen molar-refractivity contribution in [2.75, 3.05) is 43.4 Å². The average Bonchev–Trinajstić information content (AvgIpc) is 2.76. The van der Waals surface area contributed by atoms with Gasteiger partial charge in [-0.3, -0.25) is 19.2 Å². The highest BCUT2D eigenvalue weighted by molar-refractivity contribution is 7.92. The number of nitrogens with zero attached hydrogens (tertiary/aromatic N) is 2. The molecule has 1 fully saturated rings. The van der Waals surface area contributed by atoms with Gasteiger partial charge in [0.1, 0.15) is 17.5 Å². The van der Waals surface area contributed by atoms with Crippen LogP contribution in [0, 0.1) is 0 Å². The molecule has 0 aliphatic carbocycles. The molecule has 2 aromatic rings. The third-order valence-corrected chi connectivity index (χ3v) is 6.22. The second kappa shape index (κ2) is 10.3. The Kier molecular flexibility index (Phi) is 7.74. The lowest BCUT2D eigenvalue weighted by Crippen LogP contribution is -2.56. The quantitative estimate of drug-likeness (QED) is 0.450. The number of hydrogen-bond acceptors (Lipinski definition) is 7. The molecule has 1 heterocycles. The van der Waals surface area contributed by atoms with E-state index < -0.39 is 22.0 Å². The van der Waals surface area contributed by atoms with E-state index in [0.29, 0.717) is 48.5 Å². The predicted octanol–water partition coefficient (Wildman–Crippen LogP) is 2.10. The maximum absolute atomic E-state index is 12.5.